The first-order chi connectivity index (χ1) is 16.3. The first-order valence-electron chi connectivity index (χ1n) is 10.6. The Bertz CT molecular complexity index is 1670. The average Bonchev–Trinajstić information content (AvgIpc) is 3.47. The molecule has 0 saturated carbocycles. The van der Waals surface area contributed by atoms with Crippen molar-refractivity contribution in [2.24, 2.45) is 7.05 Å². The van der Waals surface area contributed by atoms with E-state index in [-0.39, 0.29) is 16.9 Å². The lowest BCUT2D eigenvalue weighted by Crippen LogP contribution is -2.35. The molecular weight excluding hydrogens is 432 g/mol. The SMILES string of the molecule is Cc1cc(-c2ccc(=N)n(C(=N)[C@@H](C)n3ccc4ncc(-c5cnn(C)c5)cc4c3=O)c2)on1. The van der Waals surface area contributed by atoms with E-state index in [0.717, 1.165) is 16.8 Å². The highest BCUT2D eigenvalue weighted by Gasteiger charge is 2.18. The average molecular weight is 454 g/mol. The second kappa shape index (κ2) is 8.07. The third-order valence-corrected chi connectivity index (χ3v) is 5.75. The van der Waals surface area contributed by atoms with E-state index in [4.69, 9.17) is 15.3 Å². The summed E-state index contributed by atoms with van der Waals surface area (Å²) < 4.78 is 9.93. The van der Waals surface area contributed by atoms with Crippen LogP contribution in [0.3, 0.4) is 0 Å². The maximum atomic E-state index is 13.4. The van der Waals surface area contributed by atoms with Crippen molar-refractivity contribution in [1.82, 2.24) is 29.1 Å². The summed E-state index contributed by atoms with van der Waals surface area (Å²) in [6, 6.07) is 8.03. The Balaban J connectivity index is 1.55. The zero-order chi connectivity index (χ0) is 24.0. The van der Waals surface area contributed by atoms with Crippen LogP contribution in [0.4, 0.5) is 0 Å². The van der Waals surface area contributed by atoms with Crippen molar-refractivity contribution in [3.05, 3.63) is 82.9 Å². The van der Waals surface area contributed by atoms with Crippen LogP contribution in [0.25, 0.3) is 33.4 Å². The molecule has 0 amide bonds. The van der Waals surface area contributed by atoms with E-state index < -0.39 is 6.04 Å². The number of aryl methyl sites for hydroxylation is 2. The van der Waals surface area contributed by atoms with Gasteiger partial charge in [-0.1, -0.05) is 5.16 Å². The van der Waals surface area contributed by atoms with Crippen LogP contribution in [0, 0.1) is 17.7 Å². The molecule has 0 aliphatic carbocycles. The molecule has 0 radical (unpaired) electrons. The van der Waals surface area contributed by atoms with Gasteiger partial charge in [0.2, 0.25) is 0 Å². The molecule has 0 aliphatic rings. The molecule has 5 heterocycles. The van der Waals surface area contributed by atoms with Crippen LogP contribution < -0.4 is 11.0 Å². The topological polar surface area (TPSA) is 131 Å². The maximum absolute atomic E-state index is 13.4. The molecule has 5 aromatic rings. The molecule has 34 heavy (non-hydrogen) atoms. The third-order valence-electron chi connectivity index (χ3n) is 5.75. The van der Waals surface area contributed by atoms with Crippen molar-refractivity contribution in [3.63, 3.8) is 0 Å². The van der Waals surface area contributed by atoms with Gasteiger partial charge < -0.3 is 9.09 Å². The zero-order valence-electron chi connectivity index (χ0n) is 18.9. The smallest absolute Gasteiger partial charge is 0.260 e. The zero-order valence-corrected chi connectivity index (χ0v) is 18.9. The van der Waals surface area contributed by atoms with Gasteiger partial charge in [-0.2, -0.15) is 5.10 Å². The van der Waals surface area contributed by atoms with Crippen molar-refractivity contribution in [1.29, 1.82) is 10.8 Å². The second-order valence-corrected chi connectivity index (χ2v) is 8.15. The van der Waals surface area contributed by atoms with Crippen LogP contribution in [0.1, 0.15) is 18.7 Å². The molecule has 0 aromatic carbocycles. The molecule has 0 unspecified atom stereocenters. The lowest BCUT2D eigenvalue weighted by Gasteiger charge is -2.19. The molecule has 0 spiro atoms. The standard InChI is InChI=1S/C24H22N8O2/c1-14-8-21(34-29-14)16-4-5-22(25)32(13-16)23(26)15(2)31-7-6-20-19(24(31)33)9-17(10-27-20)18-11-28-30(3)12-18/h4-13,15,25-26H,1-3H3/t15-/m1/s1. The largest absolute Gasteiger partial charge is 0.356 e. The highest BCUT2D eigenvalue weighted by atomic mass is 16.5. The van der Waals surface area contributed by atoms with Gasteiger partial charge in [0.15, 0.2) is 5.76 Å². The first kappa shape index (κ1) is 21.3. The predicted molar refractivity (Wildman–Crippen MR) is 127 cm³/mol. The number of rotatable bonds is 4. The number of hydrogen-bond acceptors (Lipinski definition) is 7. The van der Waals surface area contributed by atoms with Crippen molar-refractivity contribution < 1.29 is 4.52 Å². The molecule has 1 atom stereocenters. The van der Waals surface area contributed by atoms with Gasteiger partial charge in [-0.05, 0) is 38.1 Å². The summed E-state index contributed by atoms with van der Waals surface area (Å²) in [6.07, 6.45) is 8.58. The van der Waals surface area contributed by atoms with Gasteiger partial charge in [-0.15, -0.1) is 0 Å². The van der Waals surface area contributed by atoms with E-state index in [1.807, 2.05) is 20.2 Å². The monoisotopic (exact) mass is 454 g/mol. The summed E-state index contributed by atoms with van der Waals surface area (Å²) in [5.74, 6) is 0.615. The summed E-state index contributed by atoms with van der Waals surface area (Å²) in [5.41, 5.74) is 3.50. The van der Waals surface area contributed by atoms with Gasteiger partial charge in [-0.3, -0.25) is 29.8 Å². The van der Waals surface area contributed by atoms with E-state index in [9.17, 15) is 4.79 Å². The van der Waals surface area contributed by atoms with Gasteiger partial charge in [-0.25, -0.2) is 0 Å². The van der Waals surface area contributed by atoms with Crippen molar-refractivity contribution >= 4 is 16.7 Å². The van der Waals surface area contributed by atoms with E-state index in [1.165, 1.54) is 9.13 Å². The molecule has 5 rings (SSSR count). The van der Waals surface area contributed by atoms with Crippen LogP contribution in [-0.2, 0) is 7.05 Å². The summed E-state index contributed by atoms with van der Waals surface area (Å²) in [7, 11) is 1.83. The van der Waals surface area contributed by atoms with Crippen LogP contribution >= 0.6 is 0 Å². The number of nitrogens with one attached hydrogen (secondary N) is 2. The van der Waals surface area contributed by atoms with E-state index in [2.05, 4.69) is 15.2 Å². The van der Waals surface area contributed by atoms with Gasteiger partial charge in [0.1, 0.15) is 11.3 Å². The quantitative estimate of drug-likeness (QED) is 0.318. The lowest BCUT2D eigenvalue weighted by molar-refractivity contribution is 0.427. The van der Waals surface area contributed by atoms with Gasteiger partial charge in [0, 0.05) is 54.6 Å². The molecule has 0 saturated heterocycles. The Kier molecular flexibility index (Phi) is 5.05. The van der Waals surface area contributed by atoms with Crippen molar-refractivity contribution in [2.75, 3.05) is 0 Å². The highest BCUT2D eigenvalue weighted by molar-refractivity contribution is 5.87. The first-order valence-corrected chi connectivity index (χ1v) is 10.6. The van der Waals surface area contributed by atoms with E-state index in [0.29, 0.717) is 22.2 Å². The van der Waals surface area contributed by atoms with E-state index >= 15 is 0 Å². The molecular formula is C24H22N8O2. The van der Waals surface area contributed by atoms with Crippen LogP contribution in [0.2, 0.25) is 0 Å². The Morgan fingerprint density at radius 1 is 1.09 bits per heavy atom. The number of pyridine rings is 3. The summed E-state index contributed by atoms with van der Waals surface area (Å²) >= 11 is 0. The third kappa shape index (κ3) is 3.64. The molecule has 0 bridgehead atoms. The normalized spacial score (nSPS) is 12.2. The maximum Gasteiger partial charge on any atom is 0.260 e. The van der Waals surface area contributed by atoms with E-state index in [1.54, 1.807) is 66.7 Å². The fourth-order valence-corrected chi connectivity index (χ4v) is 3.85. The summed E-state index contributed by atoms with van der Waals surface area (Å²) in [5, 5.41) is 25.6. The molecule has 5 aromatic heterocycles. The summed E-state index contributed by atoms with van der Waals surface area (Å²) in [6.45, 7) is 3.58. The minimum atomic E-state index is -0.639. The Hall–Kier alpha value is -4.60. The minimum Gasteiger partial charge on any atom is -0.356 e. The van der Waals surface area contributed by atoms with Gasteiger partial charge in [0.05, 0.1) is 28.8 Å². The second-order valence-electron chi connectivity index (χ2n) is 8.15. The van der Waals surface area contributed by atoms with Crippen LogP contribution in [-0.4, -0.2) is 34.9 Å². The number of aromatic nitrogens is 6. The number of hydrogen-bond donors (Lipinski definition) is 2. The molecule has 2 N–H and O–H groups in total. The molecule has 10 nitrogen and oxygen atoms in total. The fourth-order valence-electron chi connectivity index (χ4n) is 3.85. The highest BCUT2D eigenvalue weighted by Crippen LogP contribution is 2.22. The lowest BCUT2D eigenvalue weighted by atomic mass is 10.1. The Morgan fingerprint density at radius 2 is 1.91 bits per heavy atom. The van der Waals surface area contributed by atoms with Gasteiger partial charge in [0.25, 0.3) is 5.56 Å². The Morgan fingerprint density at radius 3 is 2.62 bits per heavy atom. The molecule has 0 aliphatic heterocycles. The minimum absolute atomic E-state index is 0.0703. The van der Waals surface area contributed by atoms with Gasteiger partial charge >= 0.3 is 0 Å². The molecule has 170 valence electrons. The van der Waals surface area contributed by atoms with Crippen LogP contribution in [0.15, 0.2) is 70.6 Å². The number of nitrogens with zero attached hydrogens (tertiary/aromatic N) is 6. The fraction of sp³-hybridized carbons (Fsp3) is 0.167. The van der Waals surface area contributed by atoms with Crippen molar-refractivity contribution in [3.8, 4) is 22.5 Å². The predicted octanol–water partition coefficient (Wildman–Crippen LogP) is 3.13. The molecule has 10 heteroatoms. The van der Waals surface area contributed by atoms with Crippen LogP contribution in [0.5, 0.6) is 0 Å². The molecule has 0 fully saturated rings. The number of fused-ring (bicyclic) bond motifs is 1. The Labute approximate surface area is 193 Å². The summed E-state index contributed by atoms with van der Waals surface area (Å²) in [4.78, 5) is 17.8. The van der Waals surface area contributed by atoms with Crippen molar-refractivity contribution in [2.45, 2.75) is 19.9 Å².